The standard InChI is InChI=1S/C22H27N5O4/c1-26(20(23)24)13-7-12-22(25,19(28)29)27(21(30)31-2)18-16-10-5-3-8-14(16)15-9-4-6-11-17(15)18/h3-6,8-11,18H,7,12-13,25H2,1-2H3,(H3,23,24)(H,28,29)/t22-/m0/s1. The fraction of sp³-hybridized carbons (Fsp3) is 0.318. The monoisotopic (exact) mass is 425 g/mol. The summed E-state index contributed by atoms with van der Waals surface area (Å²) >= 11 is 0. The third-order valence-electron chi connectivity index (χ3n) is 5.69. The molecule has 9 nitrogen and oxygen atoms in total. The second-order valence-corrected chi connectivity index (χ2v) is 7.56. The average molecular weight is 425 g/mol. The van der Waals surface area contributed by atoms with Gasteiger partial charge in [-0.1, -0.05) is 48.5 Å². The SMILES string of the molecule is COC(=O)N(C1c2ccccc2-c2ccccc21)[C@@](N)(CCCN(C)C(=N)N)C(=O)O. The fourth-order valence-corrected chi connectivity index (χ4v) is 4.04. The molecule has 0 radical (unpaired) electrons. The predicted octanol–water partition coefficient (Wildman–Crippen LogP) is 2.17. The number of hydrogen-bond donors (Lipinski definition) is 4. The molecule has 2 aromatic carbocycles. The van der Waals surface area contributed by atoms with Gasteiger partial charge in [0.1, 0.15) is 0 Å². The Kier molecular flexibility index (Phi) is 6.16. The summed E-state index contributed by atoms with van der Waals surface area (Å²) in [6, 6.07) is 14.3. The second-order valence-electron chi connectivity index (χ2n) is 7.56. The highest BCUT2D eigenvalue weighted by Crippen LogP contribution is 2.48. The molecule has 6 N–H and O–H groups in total. The van der Waals surface area contributed by atoms with Gasteiger partial charge in [-0.15, -0.1) is 0 Å². The normalized spacial score (nSPS) is 14.2. The van der Waals surface area contributed by atoms with Crippen LogP contribution in [0.1, 0.15) is 30.0 Å². The number of nitrogens with one attached hydrogen (secondary N) is 1. The van der Waals surface area contributed by atoms with Gasteiger partial charge in [0.2, 0.25) is 0 Å². The number of rotatable bonds is 7. The Balaban J connectivity index is 2.07. The Hall–Kier alpha value is -3.59. The van der Waals surface area contributed by atoms with Gasteiger partial charge in [0.15, 0.2) is 11.6 Å². The number of carboxylic acid groups (broad SMARTS) is 1. The summed E-state index contributed by atoms with van der Waals surface area (Å²) in [5, 5.41) is 17.6. The molecule has 0 aliphatic heterocycles. The molecule has 0 saturated heterocycles. The molecular formula is C22H27N5O4. The van der Waals surface area contributed by atoms with E-state index in [2.05, 4.69) is 0 Å². The summed E-state index contributed by atoms with van der Waals surface area (Å²) < 4.78 is 5.00. The summed E-state index contributed by atoms with van der Waals surface area (Å²) in [7, 11) is 2.83. The van der Waals surface area contributed by atoms with Gasteiger partial charge in [-0.25, -0.2) is 9.59 Å². The number of carbonyl (C=O) groups is 2. The van der Waals surface area contributed by atoms with Crippen LogP contribution in [0.5, 0.6) is 0 Å². The quantitative estimate of drug-likeness (QED) is 0.302. The first-order valence-corrected chi connectivity index (χ1v) is 9.85. The first kappa shape index (κ1) is 22.1. The van der Waals surface area contributed by atoms with Crippen molar-refractivity contribution < 1.29 is 19.4 Å². The van der Waals surface area contributed by atoms with Crippen molar-refractivity contribution in [3.8, 4) is 11.1 Å². The molecule has 9 heteroatoms. The van der Waals surface area contributed by atoms with Crippen LogP contribution in [0.15, 0.2) is 48.5 Å². The van der Waals surface area contributed by atoms with Crippen LogP contribution in [0, 0.1) is 5.41 Å². The highest BCUT2D eigenvalue weighted by Gasteiger charge is 2.50. The first-order valence-electron chi connectivity index (χ1n) is 9.85. The minimum absolute atomic E-state index is 0.0596. The van der Waals surface area contributed by atoms with Gasteiger partial charge < -0.3 is 20.5 Å². The number of fused-ring (bicyclic) bond motifs is 3. The molecule has 164 valence electrons. The first-order chi connectivity index (χ1) is 14.7. The molecule has 0 saturated carbocycles. The van der Waals surface area contributed by atoms with E-state index in [1.165, 1.54) is 12.0 Å². The van der Waals surface area contributed by atoms with Gasteiger partial charge in [-0.2, -0.15) is 0 Å². The number of methoxy groups -OCH3 is 1. The molecule has 0 heterocycles. The highest BCUT2D eigenvalue weighted by atomic mass is 16.5. The number of carboxylic acids is 1. The third kappa shape index (κ3) is 3.91. The molecular weight excluding hydrogens is 398 g/mol. The molecule has 0 spiro atoms. The van der Waals surface area contributed by atoms with Crippen LogP contribution in [-0.2, 0) is 9.53 Å². The van der Waals surface area contributed by atoms with E-state index in [1.54, 1.807) is 7.05 Å². The maximum atomic E-state index is 13.0. The van der Waals surface area contributed by atoms with E-state index in [4.69, 9.17) is 21.6 Å². The Morgan fingerprint density at radius 1 is 1.13 bits per heavy atom. The minimum Gasteiger partial charge on any atom is -0.478 e. The number of ether oxygens (including phenoxy) is 1. The van der Waals surface area contributed by atoms with E-state index < -0.39 is 23.8 Å². The number of hydrogen-bond acceptors (Lipinski definition) is 5. The molecule has 0 fully saturated rings. The van der Waals surface area contributed by atoms with E-state index in [0.29, 0.717) is 13.0 Å². The summed E-state index contributed by atoms with van der Waals surface area (Å²) in [4.78, 5) is 28.0. The van der Waals surface area contributed by atoms with Crippen LogP contribution >= 0.6 is 0 Å². The van der Waals surface area contributed by atoms with E-state index in [9.17, 15) is 14.7 Å². The molecule has 3 rings (SSSR count). The van der Waals surface area contributed by atoms with Crippen molar-refractivity contribution in [1.82, 2.24) is 9.80 Å². The van der Waals surface area contributed by atoms with Crippen molar-refractivity contribution in [3.63, 3.8) is 0 Å². The van der Waals surface area contributed by atoms with Crippen LogP contribution in [-0.4, -0.2) is 59.3 Å². The van der Waals surface area contributed by atoms with Crippen LogP contribution in [0.25, 0.3) is 11.1 Å². The highest BCUT2D eigenvalue weighted by molar-refractivity contribution is 5.87. The van der Waals surface area contributed by atoms with Gasteiger partial charge >= 0.3 is 12.1 Å². The van der Waals surface area contributed by atoms with Gasteiger partial charge in [0.05, 0.1) is 13.2 Å². The number of aliphatic carboxylic acids is 1. The number of nitrogens with zero attached hydrogens (tertiary/aromatic N) is 2. The summed E-state index contributed by atoms with van der Waals surface area (Å²) in [5.41, 5.74) is 13.3. The number of carbonyl (C=O) groups excluding carboxylic acids is 1. The van der Waals surface area contributed by atoms with E-state index in [0.717, 1.165) is 27.2 Å². The molecule has 1 atom stereocenters. The van der Waals surface area contributed by atoms with Crippen LogP contribution < -0.4 is 11.5 Å². The molecule has 1 aliphatic rings. The largest absolute Gasteiger partial charge is 0.478 e. The van der Waals surface area contributed by atoms with Crippen molar-refractivity contribution in [2.24, 2.45) is 11.5 Å². The zero-order chi connectivity index (χ0) is 22.8. The predicted molar refractivity (Wildman–Crippen MR) is 116 cm³/mol. The van der Waals surface area contributed by atoms with Crippen molar-refractivity contribution in [2.45, 2.75) is 24.5 Å². The van der Waals surface area contributed by atoms with Gasteiger partial charge in [-0.05, 0) is 35.1 Å². The van der Waals surface area contributed by atoms with E-state index in [1.807, 2.05) is 48.5 Å². The zero-order valence-electron chi connectivity index (χ0n) is 17.5. The zero-order valence-corrected chi connectivity index (χ0v) is 17.5. The number of guanidine groups is 1. The molecule has 0 unspecified atom stereocenters. The topological polar surface area (TPSA) is 146 Å². The minimum atomic E-state index is -2.04. The van der Waals surface area contributed by atoms with Crippen molar-refractivity contribution in [3.05, 3.63) is 59.7 Å². The van der Waals surface area contributed by atoms with Crippen molar-refractivity contribution in [2.75, 3.05) is 20.7 Å². The molecule has 1 aliphatic carbocycles. The fourth-order valence-electron chi connectivity index (χ4n) is 4.04. The van der Waals surface area contributed by atoms with Crippen LogP contribution in [0.2, 0.25) is 0 Å². The second kappa shape index (κ2) is 8.65. The van der Waals surface area contributed by atoms with Crippen LogP contribution in [0.4, 0.5) is 4.79 Å². The lowest BCUT2D eigenvalue weighted by molar-refractivity contribution is -0.152. The summed E-state index contributed by atoms with van der Waals surface area (Å²) in [5.74, 6) is -1.48. The lowest BCUT2D eigenvalue weighted by atomic mass is 9.95. The number of benzene rings is 2. The lowest BCUT2D eigenvalue weighted by Gasteiger charge is -2.41. The maximum absolute atomic E-state index is 13.0. The smallest absolute Gasteiger partial charge is 0.412 e. The number of nitrogens with two attached hydrogens (primary N) is 2. The summed E-state index contributed by atoms with van der Waals surface area (Å²) in [6.45, 7) is 0.314. The Labute approximate surface area is 180 Å². The molecule has 2 aromatic rings. The number of amides is 1. The van der Waals surface area contributed by atoms with Crippen LogP contribution in [0.3, 0.4) is 0 Å². The van der Waals surface area contributed by atoms with Crippen molar-refractivity contribution in [1.29, 1.82) is 5.41 Å². The molecule has 31 heavy (non-hydrogen) atoms. The van der Waals surface area contributed by atoms with E-state index in [-0.39, 0.29) is 12.4 Å². The third-order valence-corrected chi connectivity index (χ3v) is 5.69. The molecule has 1 amide bonds. The Morgan fingerprint density at radius 2 is 1.65 bits per heavy atom. The lowest BCUT2D eigenvalue weighted by Crippen LogP contribution is -2.64. The van der Waals surface area contributed by atoms with Gasteiger partial charge in [0, 0.05) is 13.6 Å². The molecule has 0 bridgehead atoms. The Bertz CT molecular complexity index is 965. The van der Waals surface area contributed by atoms with Gasteiger partial charge in [0.25, 0.3) is 0 Å². The van der Waals surface area contributed by atoms with Gasteiger partial charge in [-0.3, -0.25) is 16.0 Å². The van der Waals surface area contributed by atoms with E-state index >= 15 is 0 Å². The Morgan fingerprint density at radius 3 is 2.10 bits per heavy atom. The van der Waals surface area contributed by atoms with Crippen molar-refractivity contribution >= 4 is 18.0 Å². The molecule has 0 aromatic heterocycles. The summed E-state index contributed by atoms with van der Waals surface area (Å²) in [6.07, 6.45) is -0.598. The average Bonchev–Trinajstić information content (AvgIpc) is 3.08. The maximum Gasteiger partial charge on any atom is 0.412 e.